The van der Waals surface area contributed by atoms with Gasteiger partial charge in [-0.05, 0) is 32.4 Å². The first-order valence-corrected chi connectivity index (χ1v) is 3.75. The quantitative estimate of drug-likeness (QED) is 0.496. The topological polar surface area (TPSA) is 29.3 Å². The van der Waals surface area contributed by atoms with Gasteiger partial charge in [0.25, 0.3) is 0 Å². The SMILES string of the molecule is CN1CCC2C(N)CC21. The van der Waals surface area contributed by atoms with Gasteiger partial charge in [0.15, 0.2) is 0 Å². The van der Waals surface area contributed by atoms with Crippen molar-refractivity contribution >= 4 is 0 Å². The van der Waals surface area contributed by atoms with Crippen LogP contribution in [0, 0.1) is 5.92 Å². The minimum atomic E-state index is 0.528. The molecule has 3 unspecified atom stereocenters. The summed E-state index contributed by atoms with van der Waals surface area (Å²) >= 11 is 0. The second-order valence-corrected chi connectivity index (χ2v) is 3.40. The van der Waals surface area contributed by atoms with Crippen LogP contribution >= 0.6 is 0 Å². The van der Waals surface area contributed by atoms with Crippen molar-refractivity contribution in [1.29, 1.82) is 0 Å². The second kappa shape index (κ2) is 1.70. The van der Waals surface area contributed by atoms with Crippen molar-refractivity contribution in [2.45, 2.75) is 24.9 Å². The van der Waals surface area contributed by atoms with Gasteiger partial charge in [-0.2, -0.15) is 0 Å². The third-order valence-corrected chi connectivity index (χ3v) is 2.94. The molecular formula is C7H14N2. The predicted molar refractivity (Wildman–Crippen MR) is 37.1 cm³/mol. The standard InChI is InChI=1S/C7H14N2/c1-9-3-2-5-6(8)4-7(5)9/h5-7H,2-4,8H2,1H3. The van der Waals surface area contributed by atoms with Crippen LogP contribution in [0.4, 0.5) is 0 Å². The van der Waals surface area contributed by atoms with E-state index in [1.54, 1.807) is 0 Å². The van der Waals surface area contributed by atoms with Crippen LogP contribution in [-0.4, -0.2) is 30.6 Å². The first kappa shape index (κ1) is 5.69. The van der Waals surface area contributed by atoms with E-state index in [9.17, 15) is 0 Å². The molecular weight excluding hydrogens is 112 g/mol. The fraction of sp³-hybridized carbons (Fsp3) is 1.00. The summed E-state index contributed by atoms with van der Waals surface area (Å²) in [5.41, 5.74) is 5.80. The molecule has 1 heterocycles. The average molecular weight is 126 g/mol. The van der Waals surface area contributed by atoms with Gasteiger partial charge in [0.1, 0.15) is 0 Å². The summed E-state index contributed by atoms with van der Waals surface area (Å²) in [5.74, 6) is 0.843. The zero-order valence-electron chi connectivity index (χ0n) is 5.88. The monoisotopic (exact) mass is 126 g/mol. The maximum absolute atomic E-state index is 5.80. The summed E-state index contributed by atoms with van der Waals surface area (Å²) in [6.07, 6.45) is 2.57. The molecule has 1 saturated carbocycles. The molecule has 0 bridgehead atoms. The van der Waals surface area contributed by atoms with Crippen LogP contribution in [0.25, 0.3) is 0 Å². The number of nitrogens with zero attached hydrogens (tertiary/aromatic N) is 1. The normalized spacial score (nSPS) is 50.7. The van der Waals surface area contributed by atoms with Gasteiger partial charge < -0.3 is 10.6 Å². The summed E-state index contributed by atoms with van der Waals surface area (Å²) in [5, 5.41) is 0. The van der Waals surface area contributed by atoms with E-state index >= 15 is 0 Å². The third kappa shape index (κ3) is 0.634. The smallest absolute Gasteiger partial charge is 0.0151 e. The summed E-state index contributed by atoms with van der Waals surface area (Å²) in [6.45, 7) is 1.27. The van der Waals surface area contributed by atoms with Crippen molar-refractivity contribution in [2.75, 3.05) is 13.6 Å². The molecule has 0 radical (unpaired) electrons. The maximum atomic E-state index is 5.80. The van der Waals surface area contributed by atoms with Crippen LogP contribution in [-0.2, 0) is 0 Å². The zero-order valence-corrected chi connectivity index (χ0v) is 5.88. The lowest BCUT2D eigenvalue weighted by molar-refractivity contribution is 0.139. The van der Waals surface area contributed by atoms with Gasteiger partial charge >= 0.3 is 0 Å². The Balaban J connectivity index is 2.03. The summed E-state index contributed by atoms with van der Waals surface area (Å²) < 4.78 is 0. The molecule has 0 aromatic carbocycles. The van der Waals surface area contributed by atoms with E-state index < -0.39 is 0 Å². The molecule has 3 atom stereocenters. The van der Waals surface area contributed by atoms with Gasteiger partial charge in [0.2, 0.25) is 0 Å². The van der Waals surface area contributed by atoms with Gasteiger partial charge in [-0.15, -0.1) is 0 Å². The fourth-order valence-corrected chi connectivity index (χ4v) is 2.15. The number of nitrogens with two attached hydrogens (primary N) is 1. The molecule has 9 heavy (non-hydrogen) atoms. The zero-order chi connectivity index (χ0) is 6.43. The molecule has 1 aliphatic heterocycles. The summed E-state index contributed by atoms with van der Waals surface area (Å²) in [6, 6.07) is 1.37. The highest BCUT2D eigenvalue weighted by Crippen LogP contribution is 2.38. The largest absolute Gasteiger partial charge is 0.327 e. The lowest BCUT2D eigenvalue weighted by Gasteiger charge is -2.40. The fourth-order valence-electron chi connectivity index (χ4n) is 2.15. The average Bonchev–Trinajstić information content (AvgIpc) is 2.07. The Labute approximate surface area is 56.0 Å². The van der Waals surface area contributed by atoms with Crippen LogP contribution in [0.3, 0.4) is 0 Å². The highest BCUT2D eigenvalue weighted by molar-refractivity contribution is 5.01. The van der Waals surface area contributed by atoms with Crippen LogP contribution in [0.1, 0.15) is 12.8 Å². The number of hydrogen-bond acceptors (Lipinski definition) is 2. The van der Waals surface area contributed by atoms with Crippen molar-refractivity contribution in [3.05, 3.63) is 0 Å². The number of hydrogen-bond donors (Lipinski definition) is 1. The Bertz CT molecular complexity index is 122. The lowest BCUT2D eigenvalue weighted by Crippen LogP contribution is -2.52. The van der Waals surface area contributed by atoms with Gasteiger partial charge in [0.05, 0.1) is 0 Å². The predicted octanol–water partition coefficient (Wildman–Crippen LogP) is 0.0377. The molecule has 0 aromatic rings. The first-order valence-electron chi connectivity index (χ1n) is 3.75. The number of likely N-dealkylation sites (tertiary alicyclic amines) is 1. The minimum absolute atomic E-state index is 0.528. The van der Waals surface area contributed by atoms with Crippen LogP contribution in [0.2, 0.25) is 0 Å². The molecule has 1 saturated heterocycles. The minimum Gasteiger partial charge on any atom is -0.327 e. The second-order valence-electron chi connectivity index (χ2n) is 3.40. The Morgan fingerprint density at radius 1 is 1.56 bits per heavy atom. The van der Waals surface area contributed by atoms with Crippen molar-refractivity contribution in [3.8, 4) is 0 Å². The Hall–Kier alpha value is -0.0800. The Morgan fingerprint density at radius 3 is 2.78 bits per heavy atom. The Kier molecular flexibility index (Phi) is 1.08. The van der Waals surface area contributed by atoms with E-state index in [1.807, 2.05) is 0 Å². The van der Waals surface area contributed by atoms with Gasteiger partial charge in [0, 0.05) is 12.1 Å². The van der Waals surface area contributed by atoms with Gasteiger partial charge in [-0.1, -0.05) is 0 Å². The molecule has 2 N–H and O–H groups in total. The molecule has 2 fully saturated rings. The molecule has 2 heteroatoms. The molecule has 1 aliphatic carbocycles. The van der Waals surface area contributed by atoms with E-state index in [2.05, 4.69) is 11.9 Å². The van der Waals surface area contributed by atoms with Crippen molar-refractivity contribution in [3.63, 3.8) is 0 Å². The van der Waals surface area contributed by atoms with E-state index in [1.165, 1.54) is 19.4 Å². The van der Waals surface area contributed by atoms with E-state index in [-0.39, 0.29) is 0 Å². The van der Waals surface area contributed by atoms with Crippen LogP contribution in [0.5, 0.6) is 0 Å². The van der Waals surface area contributed by atoms with E-state index in [0.717, 1.165) is 12.0 Å². The summed E-state index contributed by atoms with van der Waals surface area (Å²) in [7, 11) is 2.20. The first-order chi connectivity index (χ1) is 4.29. The molecule has 2 aliphatic rings. The van der Waals surface area contributed by atoms with Crippen LogP contribution in [0.15, 0.2) is 0 Å². The molecule has 2 nitrogen and oxygen atoms in total. The third-order valence-electron chi connectivity index (χ3n) is 2.94. The number of rotatable bonds is 0. The molecule has 0 aromatic heterocycles. The highest BCUT2D eigenvalue weighted by atomic mass is 15.2. The summed E-state index contributed by atoms with van der Waals surface area (Å²) in [4.78, 5) is 2.44. The maximum Gasteiger partial charge on any atom is 0.0151 e. The van der Waals surface area contributed by atoms with E-state index in [0.29, 0.717) is 6.04 Å². The van der Waals surface area contributed by atoms with Gasteiger partial charge in [-0.25, -0.2) is 0 Å². The van der Waals surface area contributed by atoms with Gasteiger partial charge in [-0.3, -0.25) is 0 Å². The molecule has 52 valence electrons. The van der Waals surface area contributed by atoms with Crippen molar-refractivity contribution in [1.82, 2.24) is 4.90 Å². The Morgan fingerprint density at radius 2 is 2.33 bits per heavy atom. The van der Waals surface area contributed by atoms with Crippen LogP contribution < -0.4 is 5.73 Å². The van der Waals surface area contributed by atoms with E-state index in [4.69, 9.17) is 5.73 Å². The molecule has 0 amide bonds. The lowest BCUT2D eigenvalue weighted by atomic mass is 9.76. The van der Waals surface area contributed by atoms with Crippen molar-refractivity contribution in [2.24, 2.45) is 11.7 Å². The highest BCUT2D eigenvalue weighted by Gasteiger charge is 2.44. The molecule has 0 spiro atoms. The number of fused-ring (bicyclic) bond motifs is 1. The van der Waals surface area contributed by atoms with Crippen molar-refractivity contribution < 1.29 is 0 Å². The molecule has 2 rings (SSSR count).